The van der Waals surface area contributed by atoms with E-state index in [1.165, 1.54) is 0 Å². The Kier molecular flexibility index (Phi) is 3.59. The van der Waals surface area contributed by atoms with Crippen LogP contribution < -0.4 is 4.74 Å². The van der Waals surface area contributed by atoms with Crippen molar-refractivity contribution in [3.8, 4) is 5.75 Å². The van der Waals surface area contributed by atoms with Gasteiger partial charge in [0.1, 0.15) is 5.75 Å². The number of rotatable bonds is 3. The molecule has 3 rings (SSSR count). The number of hydrogen-bond acceptors (Lipinski definition) is 2. The van der Waals surface area contributed by atoms with Crippen molar-refractivity contribution < 1.29 is 9.53 Å². The van der Waals surface area contributed by atoms with Crippen LogP contribution in [-0.2, 0) is 11.2 Å². The molecule has 1 heterocycles. The first-order chi connectivity index (χ1) is 9.76. The molecule has 0 aromatic heterocycles. The van der Waals surface area contributed by atoms with Gasteiger partial charge in [0, 0.05) is 13.1 Å². The van der Waals surface area contributed by atoms with Gasteiger partial charge in [-0.15, -0.1) is 0 Å². The van der Waals surface area contributed by atoms with Crippen LogP contribution in [0.3, 0.4) is 0 Å². The summed E-state index contributed by atoms with van der Waals surface area (Å²) in [5, 5.41) is 2.29. The SMILES string of the molecule is COc1ccc2cc(CC(=O)N3CCCC3)ccc2c1. The number of amides is 1. The summed E-state index contributed by atoms with van der Waals surface area (Å²) >= 11 is 0. The third-order valence-electron chi connectivity index (χ3n) is 3.93. The molecule has 1 amide bonds. The largest absolute Gasteiger partial charge is 0.497 e. The summed E-state index contributed by atoms with van der Waals surface area (Å²) in [6.45, 7) is 1.84. The number of fused-ring (bicyclic) bond motifs is 1. The molecule has 2 aromatic rings. The summed E-state index contributed by atoms with van der Waals surface area (Å²) in [7, 11) is 1.67. The third-order valence-corrected chi connectivity index (χ3v) is 3.93. The Balaban J connectivity index is 1.80. The minimum absolute atomic E-state index is 0.246. The zero-order valence-corrected chi connectivity index (χ0v) is 11.8. The Morgan fingerprint density at radius 1 is 1.10 bits per heavy atom. The Labute approximate surface area is 119 Å². The van der Waals surface area contributed by atoms with Crippen molar-refractivity contribution in [2.24, 2.45) is 0 Å². The van der Waals surface area contributed by atoms with Gasteiger partial charge in [0.15, 0.2) is 0 Å². The van der Waals surface area contributed by atoms with Crippen LogP contribution in [0, 0.1) is 0 Å². The van der Waals surface area contributed by atoms with Gasteiger partial charge in [-0.3, -0.25) is 4.79 Å². The molecule has 0 radical (unpaired) electrons. The molecule has 3 heteroatoms. The summed E-state index contributed by atoms with van der Waals surface area (Å²) in [6.07, 6.45) is 2.79. The van der Waals surface area contributed by atoms with Crippen molar-refractivity contribution >= 4 is 16.7 Å². The van der Waals surface area contributed by atoms with Crippen molar-refractivity contribution in [3.63, 3.8) is 0 Å². The van der Waals surface area contributed by atoms with E-state index in [9.17, 15) is 4.79 Å². The number of ether oxygens (including phenoxy) is 1. The Bertz CT molecular complexity index is 630. The molecular weight excluding hydrogens is 250 g/mol. The van der Waals surface area contributed by atoms with Crippen LogP contribution in [0.15, 0.2) is 36.4 Å². The molecule has 2 aromatic carbocycles. The van der Waals surface area contributed by atoms with E-state index in [-0.39, 0.29) is 5.91 Å². The maximum Gasteiger partial charge on any atom is 0.226 e. The molecule has 20 heavy (non-hydrogen) atoms. The van der Waals surface area contributed by atoms with Gasteiger partial charge in [-0.2, -0.15) is 0 Å². The van der Waals surface area contributed by atoms with Crippen LogP contribution in [0.2, 0.25) is 0 Å². The molecule has 104 valence electrons. The second kappa shape index (κ2) is 5.53. The van der Waals surface area contributed by atoms with Gasteiger partial charge in [-0.1, -0.05) is 24.3 Å². The summed E-state index contributed by atoms with van der Waals surface area (Å²) in [6, 6.07) is 12.2. The lowest BCUT2D eigenvalue weighted by molar-refractivity contribution is -0.129. The van der Waals surface area contributed by atoms with E-state index in [1.54, 1.807) is 7.11 Å². The lowest BCUT2D eigenvalue weighted by atomic mass is 10.0. The number of likely N-dealkylation sites (tertiary alicyclic amines) is 1. The highest BCUT2D eigenvalue weighted by Crippen LogP contribution is 2.22. The molecule has 1 saturated heterocycles. The molecule has 0 unspecified atom stereocenters. The first-order valence-corrected chi connectivity index (χ1v) is 7.11. The van der Waals surface area contributed by atoms with Crippen molar-refractivity contribution in [2.45, 2.75) is 19.3 Å². The monoisotopic (exact) mass is 269 g/mol. The smallest absolute Gasteiger partial charge is 0.226 e. The number of carbonyl (C=O) groups is 1. The highest BCUT2D eigenvalue weighted by molar-refractivity contribution is 5.86. The van der Waals surface area contributed by atoms with Gasteiger partial charge in [-0.25, -0.2) is 0 Å². The highest BCUT2D eigenvalue weighted by atomic mass is 16.5. The number of methoxy groups -OCH3 is 1. The topological polar surface area (TPSA) is 29.5 Å². The molecule has 0 aliphatic carbocycles. The van der Waals surface area contributed by atoms with E-state index >= 15 is 0 Å². The Hall–Kier alpha value is -2.03. The molecule has 0 spiro atoms. The van der Waals surface area contributed by atoms with Crippen LogP contribution in [0.5, 0.6) is 5.75 Å². The summed E-state index contributed by atoms with van der Waals surface area (Å²) in [5.74, 6) is 1.11. The lowest BCUT2D eigenvalue weighted by Gasteiger charge is -2.15. The second-order valence-electron chi connectivity index (χ2n) is 5.31. The fourth-order valence-electron chi connectivity index (χ4n) is 2.76. The zero-order valence-electron chi connectivity index (χ0n) is 11.8. The Morgan fingerprint density at radius 2 is 1.80 bits per heavy atom. The first-order valence-electron chi connectivity index (χ1n) is 7.11. The average molecular weight is 269 g/mol. The minimum Gasteiger partial charge on any atom is -0.497 e. The van der Waals surface area contributed by atoms with Gasteiger partial charge in [-0.05, 0) is 41.3 Å². The van der Waals surface area contributed by atoms with Crippen molar-refractivity contribution in [1.29, 1.82) is 0 Å². The lowest BCUT2D eigenvalue weighted by Crippen LogP contribution is -2.29. The van der Waals surface area contributed by atoms with Gasteiger partial charge in [0.25, 0.3) is 0 Å². The van der Waals surface area contributed by atoms with E-state index in [2.05, 4.69) is 12.1 Å². The van der Waals surface area contributed by atoms with E-state index in [1.807, 2.05) is 29.2 Å². The molecule has 3 nitrogen and oxygen atoms in total. The summed E-state index contributed by atoms with van der Waals surface area (Å²) in [4.78, 5) is 14.1. The normalized spacial score (nSPS) is 14.8. The predicted octanol–water partition coefficient (Wildman–Crippen LogP) is 3.01. The third kappa shape index (κ3) is 2.62. The fraction of sp³-hybridized carbons (Fsp3) is 0.353. The van der Waals surface area contributed by atoms with Crippen LogP contribution in [0.1, 0.15) is 18.4 Å². The molecule has 1 fully saturated rings. The van der Waals surface area contributed by atoms with Crippen LogP contribution in [0.25, 0.3) is 10.8 Å². The van der Waals surface area contributed by atoms with Crippen molar-refractivity contribution in [1.82, 2.24) is 4.90 Å². The van der Waals surface area contributed by atoms with Crippen LogP contribution in [-0.4, -0.2) is 31.0 Å². The second-order valence-corrected chi connectivity index (χ2v) is 5.31. The molecule has 0 saturated carbocycles. The van der Waals surface area contributed by atoms with Crippen LogP contribution in [0.4, 0.5) is 0 Å². The molecule has 1 aliphatic heterocycles. The average Bonchev–Trinajstić information content (AvgIpc) is 3.01. The maximum absolute atomic E-state index is 12.2. The number of nitrogens with zero attached hydrogens (tertiary/aromatic N) is 1. The number of hydrogen-bond donors (Lipinski definition) is 0. The van der Waals surface area contributed by atoms with E-state index < -0.39 is 0 Å². The molecule has 0 N–H and O–H groups in total. The maximum atomic E-state index is 12.2. The fourth-order valence-corrected chi connectivity index (χ4v) is 2.76. The highest BCUT2D eigenvalue weighted by Gasteiger charge is 2.17. The standard InChI is InChI=1S/C17H19NO2/c1-20-16-7-6-14-10-13(4-5-15(14)12-16)11-17(19)18-8-2-3-9-18/h4-7,10,12H,2-3,8-9,11H2,1H3. The number of benzene rings is 2. The van der Waals surface area contributed by atoms with Gasteiger partial charge in [0.2, 0.25) is 5.91 Å². The van der Waals surface area contributed by atoms with Gasteiger partial charge in [0.05, 0.1) is 13.5 Å². The number of carbonyl (C=O) groups excluding carboxylic acids is 1. The van der Waals surface area contributed by atoms with Gasteiger partial charge < -0.3 is 9.64 Å². The first kappa shape index (κ1) is 13.0. The summed E-state index contributed by atoms with van der Waals surface area (Å²) < 4.78 is 5.22. The van der Waals surface area contributed by atoms with E-state index in [0.29, 0.717) is 6.42 Å². The zero-order chi connectivity index (χ0) is 13.9. The van der Waals surface area contributed by atoms with Gasteiger partial charge >= 0.3 is 0 Å². The molecule has 1 aliphatic rings. The quantitative estimate of drug-likeness (QED) is 0.857. The molecule has 0 bridgehead atoms. The molecular formula is C17H19NO2. The molecule has 0 atom stereocenters. The Morgan fingerprint density at radius 3 is 2.55 bits per heavy atom. The predicted molar refractivity (Wildman–Crippen MR) is 80.0 cm³/mol. The van der Waals surface area contributed by atoms with E-state index in [0.717, 1.165) is 48.0 Å². The summed E-state index contributed by atoms with van der Waals surface area (Å²) in [5.41, 5.74) is 1.08. The van der Waals surface area contributed by atoms with E-state index in [4.69, 9.17) is 4.74 Å². The van der Waals surface area contributed by atoms with Crippen molar-refractivity contribution in [3.05, 3.63) is 42.0 Å². The van der Waals surface area contributed by atoms with Crippen molar-refractivity contribution in [2.75, 3.05) is 20.2 Å². The van der Waals surface area contributed by atoms with Crippen LogP contribution >= 0.6 is 0 Å². The minimum atomic E-state index is 0.246.